The summed E-state index contributed by atoms with van der Waals surface area (Å²) < 4.78 is 6.30. The van der Waals surface area contributed by atoms with Crippen LogP contribution in [0.5, 0.6) is 0 Å². The van der Waals surface area contributed by atoms with Gasteiger partial charge in [0.1, 0.15) is 16.6 Å². The van der Waals surface area contributed by atoms with E-state index in [2.05, 4.69) is 30.7 Å². The van der Waals surface area contributed by atoms with Gasteiger partial charge in [0.15, 0.2) is 0 Å². The van der Waals surface area contributed by atoms with Crippen LogP contribution in [0.3, 0.4) is 0 Å². The topological polar surface area (TPSA) is 37.9 Å². The third kappa shape index (κ3) is 3.42. The van der Waals surface area contributed by atoms with Gasteiger partial charge in [0.25, 0.3) is 0 Å². The Labute approximate surface area is 120 Å². The zero-order valence-corrected chi connectivity index (χ0v) is 13.1. The molecule has 0 aromatic carbocycles. The number of methoxy groups -OCH3 is 1. The fourth-order valence-corrected chi connectivity index (χ4v) is 3.18. The molecule has 0 aliphatic heterocycles. The quantitative estimate of drug-likeness (QED) is 0.827. The average molecular weight is 280 g/mol. The number of rotatable bonds is 3. The minimum Gasteiger partial charge on any atom is -0.373 e. The van der Waals surface area contributed by atoms with E-state index in [1.807, 2.05) is 6.07 Å². The molecule has 0 saturated heterocycles. The van der Waals surface area contributed by atoms with Crippen molar-refractivity contribution in [2.24, 2.45) is 5.41 Å². The summed E-state index contributed by atoms with van der Waals surface area (Å²) in [6.07, 6.45) is 5.07. The van der Waals surface area contributed by atoms with Gasteiger partial charge in [-0.3, -0.25) is 0 Å². The number of nitrogens with one attached hydrogen (secondary N) is 1. The summed E-state index contributed by atoms with van der Waals surface area (Å²) in [5.41, 5.74) is 1.23. The lowest BCUT2D eigenvalue weighted by Gasteiger charge is -2.29. The van der Waals surface area contributed by atoms with Crippen LogP contribution in [0, 0.1) is 10.1 Å². The minimum absolute atomic E-state index is 0.00563. The van der Waals surface area contributed by atoms with E-state index in [-0.39, 0.29) is 11.5 Å². The molecule has 1 fully saturated rings. The third-order valence-electron chi connectivity index (χ3n) is 3.85. The first-order valence-electron chi connectivity index (χ1n) is 7.06. The maximum Gasteiger partial charge on any atom is 0.137 e. The normalized spacial score (nSPS) is 18.7. The molecule has 0 amide bonds. The zero-order chi connectivity index (χ0) is 14.0. The van der Waals surface area contributed by atoms with Crippen molar-refractivity contribution >= 4 is 12.2 Å². The Hall–Kier alpha value is -0.740. The summed E-state index contributed by atoms with van der Waals surface area (Å²) >= 11 is 5.33. The van der Waals surface area contributed by atoms with Crippen molar-refractivity contribution in [2.75, 3.05) is 7.11 Å². The molecule has 0 radical (unpaired) electrons. The van der Waals surface area contributed by atoms with E-state index < -0.39 is 0 Å². The van der Waals surface area contributed by atoms with Crippen molar-refractivity contribution in [3.8, 4) is 0 Å². The Morgan fingerprint density at radius 2 is 2.00 bits per heavy atom. The van der Waals surface area contributed by atoms with Gasteiger partial charge >= 0.3 is 0 Å². The van der Waals surface area contributed by atoms with Crippen LogP contribution in [0.15, 0.2) is 6.07 Å². The maximum absolute atomic E-state index is 5.63. The van der Waals surface area contributed by atoms with Crippen LogP contribution < -0.4 is 0 Å². The molecule has 1 heterocycles. The van der Waals surface area contributed by atoms with Gasteiger partial charge in [-0.2, -0.15) is 0 Å². The molecular formula is C15H24N2OS. The molecule has 1 atom stereocenters. The number of H-pyrrole nitrogens is 1. The number of nitrogens with zero attached hydrogens (tertiary/aromatic N) is 1. The van der Waals surface area contributed by atoms with Gasteiger partial charge in [0.2, 0.25) is 0 Å². The largest absolute Gasteiger partial charge is 0.373 e. The van der Waals surface area contributed by atoms with Crippen molar-refractivity contribution in [2.45, 2.75) is 58.5 Å². The highest BCUT2D eigenvalue weighted by Gasteiger charge is 2.29. The Kier molecular flexibility index (Phi) is 4.41. The Morgan fingerprint density at radius 3 is 2.53 bits per heavy atom. The van der Waals surface area contributed by atoms with Gasteiger partial charge in [-0.1, -0.05) is 45.8 Å². The summed E-state index contributed by atoms with van der Waals surface area (Å²) in [4.78, 5) is 7.96. The second kappa shape index (κ2) is 5.71. The zero-order valence-electron chi connectivity index (χ0n) is 12.3. The molecular weight excluding hydrogens is 256 g/mol. The van der Waals surface area contributed by atoms with Crippen LogP contribution in [0.25, 0.3) is 0 Å². The van der Waals surface area contributed by atoms with Gasteiger partial charge < -0.3 is 9.72 Å². The molecule has 3 nitrogen and oxygen atoms in total. The molecule has 19 heavy (non-hydrogen) atoms. The van der Waals surface area contributed by atoms with Crippen molar-refractivity contribution in [3.05, 3.63) is 22.2 Å². The van der Waals surface area contributed by atoms with Gasteiger partial charge in [0.05, 0.1) is 0 Å². The number of aromatic nitrogens is 2. The summed E-state index contributed by atoms with van der Waals surface area (Å²) in [5, 5.41) is 0. The number of hydrogen-bond donors (Lipinski definition) is 1. The molecule has 1 unspecified atom stereocenters. The third-order valence-corrected chi connectivity index (χ3v) is 4.06. The van der Waals surface area contributed by atoms with E-state index >= 15 is 0 Å². The predicted molar refractivity (Wildman–Crippen MR) is 79.8 cm³/mol. The predicted octanol–water partition coefficient (Wildman–Crippen LogP) is 4.53. The SMILES string of the molecule is COC(c1nc(=S)cc(C2CCCC2)[nH]1)C(C)(C)C. The molecule has 2 rings (SSSR count). The first kappa shape index (κ1) is 14.7. The molecule has 0 spiro atoms. The van der Waals surface area contributed by atoms with E-state index in [1.54, 1.807) is 7.11 Å². The van der Waals surface area contributed by atoms with Crippen LogP contribution in [-0.4, -0.2) is 17.1 Å². The number of ether oxygens (including phenoxy) is 1. The lowest BCUT2D eigenvalue weighted by atomic mass is 9.88. The van der Waals surface area contributed by atoms with Crippen LogP contribution >= 0.6 is 12.2 Å². The number of hydrogen-bond acceptors (Lipinski definition) is 3. The Bertz CT molecular complexity index is 484. The van der Waals surface area contributed by atoms with Gasteiger partial charge in [-0.25, -0.2) is 4.98 Å². The van der Waals surface area contributed by atoms with E-state index in [0.717, 1.165) is 5.82 Å². The van der Waals surface area contributed by atoms with Gasteiger partial charge in [-0.15, -0.1) is 0 Å². The first-order valence-corrected chi connectivity index (χ1v) is 7.46. The lowest BCUT2D eigenvalue weighted by Crippen LogP contribution is -2.23. The fourth-order valence-electron chi connectivity index (χ4n) is 2.95. The van der Waals surface area contributed by atoms with Gasteiger partial charge in [-0.05, 0) is 30.2 Å². The molecule has 1 aliphatic carbocycles. The first-order chi connectivity index (χ1) is 8.91. The highest BCUT2D eigenvalue weighted by molar-refractivity contribution is 7.71. The van der Waals surface area contributed by atoms with Crippen molar-refractivity contribution in [1.29, 1.82) is 0 Å². The molecule has 1 aliphatic rings. The fraction of sp³-hybridized carbons (Fsp3) is 0.733. The summed E-state index contributed by atoms with van der Waals surface area (Å²) in [6, 6.07) is 2.02. The second-order valence-corrected chi connectivity index (χ2v) is 6.94. The molecule has 1 saturated carbocycles. The summed E-state index contributed by atoms with van der Waals surface area (Å²) in [6.45, 7) is 6.46. The van der Waals surface area contributed by atoms with Gasteiger partial charge in [0, 0.05) is 12.8 Å². The van der Waals surface area contributed by atoms with Crippen LogP contribution in [0.2, 0.25) is 0 Å². The van der Waals surface area contributed by atoms with Crippen molar-refractivity contribution < 1.29 is 4.74 Å². The van der Waals surface area contributed by atoms with E-state index in [0.29, 0.717) is 10.6 Å². The van der Waals surface area contributed by atoms with Crippen LogP contribution in [0.1, 0.15) is 70.0 Å². The number of aromatic amines is 1. The average Bonchev–Trinajstić information content (AvgIpc) is 2.80. The highest BCUT2D eigenvalue weighted by atomic mass is 32.1. The van der Waals surface area contributed by atoms with Crippen LogP contribution in [-0.2, 0) is 4.74 Å². The van der Waals surface area contributed by atoms with E-state index in [4.69, 9.17) is 17.0 Å². The maximum atomic E-state index is 5.63. The molecule has 106 valence electrons. The molecule has 1 aromatic rings. The Morgan fingerprint density at radius 1 is 1.37 bits per heavy atom. The smallest absolute Gasteiger partial charge is 0.137 e. The van der Waals surface area contributed by atoms with Crippen molar-refractivity contribution in [1.82, 2.24) is 9.97 Å². The van der Waals surface area contributed by atoms with E-state index in [9.17, 15) is 0 Å². The Balaban J connectivity index is 2.37. The van der Waals surface area contributed by atoms with E-state index in [1.165, 1.54) is 31.4 Å². The summed E-state index contributed by atoms with van der Waals surface area (Å²) in [5.74, 6) is 1.48. The lowest BCUT2D eigenvalue weighted by molar-refractivity contribution is 0.00837. The highest BCUT2D eigenvalue weighted by Crippen LogP contribution is 2.36. The minimum atomic E-state index is -0.0597. The monoisotopic (exact) mass is 280 g/mol. The molecule has 1 aromatic heterocycles. The molecule has 0 bridgehead atoms. The molecule has 4 heteroatoms. The standard InChI is InChI=1S/C15H24N2OS/c1-15(2,3)13(18-4)14-16-11(9-12(19)17-14)10-7-5-6-8-10/h9-10,13H,5-8H2,1-4H3,(H,16,17,19). The molecule has 1 N–H and O–H groups in total. The van der Waals surface area contributed by atoms with Crippen LogP contribution in [0.4, 0.5) is 0 Å². The second-order valence-electron chi connectivity index (χ2n) is 6.52. The van der Waals surface area contributed by atoms with Crippen molar-refractivity contribution in [3.63, 3.8) is 0 Å². The summed E-state index contributed by atoms with van der Waals surface area (Å²) in [7, 11) is 1.73.